The summed E-state index contributed by atoms with van der Waals surface area (Å²) in [6, 6.07) is 5.59. The minimum absolute atomic E-state index is 0.0953. The predicted molar refractivity (Wildman–Crippen MR) is 79.1 cm³/mol. The summed E-state index contributed by atoms with van der Waals surface area (Å²) in [5.41, 5.74) is 0.721. The summed E-state index contributed by atoms with van der Waals surface area (Å²) >= 11 is 8.28. The Bertz CT molecular complexity index is 536. The van der Waals surface area contributed by atoms with Crippen molar-refractivity contribution in [1.29, 1.82) is 0 Å². The van der Waals surface area contributed by atoms with Crippen molar-refractivity contribution in [2.45, 2.75) is 6.54 Å². The van der Waals surface area contributed by atoms with Crippen molar-refractivity contribution >= 4 is 49.0 Å². The van der Waals surface area contributed by atoms with Crippen molar-refractivity contribution in [2.75, 3.05) is 13.6 Å². The quantitative estimate of drug-likeness (QED) is 0.715. The van der Waals surface area contributed by atoms with Crippen LogP contribution in [0.25, 0.3) is 0 Å². The molecule has 0 bridgehead atoms. The van der Waals surface area contributed by atoms with Gasteiger partial charge in [0.2, 0.25) is 0 Å². The molecule has 3 nitrogen and oxygen atoms in total. The second-order valence-corrected chi connectivity index (χ2v) is 7.66. The molecule has 0 aliphatic carbocycles. The first-order valence-corrected chi connectivity index (χ1v) is 7.65. The van der Waals surface area contributed by atoms with Crippen molar-refractivity contribution in [3.05, 3.63) is 43.4 Å². The average molecular weight is 393 g/mol. The third-order valence-electron chi connectivity index (χ3n) is 2.38. The summed E-state index contributed by atoms with van der Waals surface area (Å²) in [6.07, 6.45) is 1.64. The minimum atomic E-state index is 0.0953. The van der Waals surface area contributed by atoms with Gasteiger partial charge in [-0.3, -0.25) is 9.69 Å². The molecule has 96 valence electrons. The van der Waals surface area contributed by atoms with Crippen LogP contribution in [0.3, 0.4) is 0 Å². The van der Waals surface area contributed by atoms with Crippen LogP contribution in [0.2, 0.25) is 0 Å². The average Bonchev–Trinajstić information content (AvgIpc) is 2.88. The van der Waals surface area contributed by atoms with Crippen molar-refractivity contribution in [2.24, 2.45) is 0 Å². The lowest BCUT2D eigenvalue weighted by Gasteiger charge is -2.13. The number of hydrogen-bond acceptors (Lipinski definition) is 4. The topological polar surface area (TPSA) is 33.5 Å². The Hall–Kier alpha value is -0.430. The van der Waals surface area contributed by atoms with E-state index in [1.165, 1.54) is 11.3 Å². The van der Waals surface area contributed by atoms with Gasteiger partial charge in [-0.2, -0.15) is 0 Å². The number of carbonyl (C=O) groups excluding carboxylic acids is 1. The van der Waals surface area contributed by atoms with E-state index in [4.69, 9.17) is 4.42 Å². The molecule has 0 atom stereocenters. The number of rotatable bonds is 5. The molecule has 0 fully saturated rings. The summed E-state index contributed by atoms with van der Waals surface area (Å²) in [7, 11) is 1.90. The number of thiophene rings is 1. The summed E-state index contributed by atoms with van der Waals surface area (Å²) in [5.74, 6) is 0.953. The summed E-state index contributed by atoms with van der Waals surface area (Å²) in [6.45, 7) is 0.990. The fourth-order valence-electron chi connectivity index (χ4n) is 1.59. The Labute approximate surface area is 126 Å². The van der Waals surface area contributed by atoms with Gasteiger partial charge in [-0.15, -0.1) is 11.3 Å². The maximum atomic E-state index is 12.1. The Balaban J connectivity index is 1.97. The number of likely N-dealkylation sites (N-methyl/N-ethyl adjacent to an activating group) is 1. The molecule has 0 amide bonds. The Morgan fingerprint density at radius 3 is 2.83 bits per heavy atom. The molecule has 0 unspecified atom stereocenters. The molecule has 0 saturated carbocycles. The third kappa shape index (κ3) is 3.54. The van der Waals surface area contributed by atoms with Crippen LogP contribution in [0.15, 0.2) is 36.5 Å². The van der Waals surface area contributed by atoms with Crippen LogP contribution < -0.4 is 0 Å². The van der Waals surface area contributed by atoms with E-state index in [1.807, 2.05) is 30.1 Å². The van der Waals surface area contributed by atoms with Gasteiger partial charge in [0.1, 0.15) is 5.76 Å². The molecule has 0 aliphatic heterocycles. The number of hydrogen-bond donors (Lipinski definition) is 0. The smallest absolute Gasteiger partial charge is 0.178 e. The second-order valence-electron chi connectivity index (χ2n) is 3.91. The largest absolute Gasteiger partial charge is 0.468 e. The van der Waals surface area contributed by atoms with Crippen molar-refractivity contribution in [3.8, 4) is 0 Å². The predicted octanol–water partition coefficient (Wildman–Crippen LogP) is 4.18. The Morgan fingerprint density at radius 1 is 1.50 bits per heavy atom. The Morgan fingerprint density at radius 2 is 2.28 bits per heavy atom. The molecule has 2 heterocycles. The van der Waals surface area contributed by atoms with E-state index >= 15 is 0 Å². The van der Waals surface area contributed by atoms with Crippen molar-refractivity contribution in [3.63, 3.8) is 0 Å². The van der Waals surface area contributed by atoms with Crippen LogP contribution in [-0.4, -0.2) is 24.3 Å². The number of Topliss-reactive ketones (excluding diaryl/α,β-unsaturated/α-hetero) is 1. The van der Waals surface area contributed by atoms with Gasteiger partial charge in [0, 0.05) is 5.56 Å². The van der Waals surface area contributed by atoms with Crippen molar-refractivity contribution < 1.29 is 9.21 Å². The lowest BCUT2D eigenvalue weighted by molar-refractivity contribution is 0.0939. The fraction of sp³-hybridized carbons (Fsp3) is 0.250. The van der Waals surface area contributed by atoms with Crippen LogP contribution in [-0.2, 0) is 6.54 Å². The highest BCUT2D eigenvalue weighted by atomic mass is 79.9. The van der Waals surface area contributed by atoms with Gasteiger partial charge in [-0.05, 0) is 57.1 Å². The molecule has 2 rings (SSSR count). The fourth-order valence-corrected chi connectivity index (χ4v) is 4.44. The lowest BCUT2D eigenvalue weighted by atomic mass is 10.2. The highest BCUT2D eigenvalue weighted by Crippen LogP contribution is 2.32. The molecule has 0 spiro atoms. The van der Waals surface area contributed by atoms with E-state index in [9.17, 15) is 4.79 Å². The zero-order chi connectivity index (χ0) is 13.1. The summed E-state index contributed by atoms with van der Waals surface area (Å²) < 4.78 is 7.07. The molecule has 2 aromatic rings. The molecule has 0 aliphatic rings. The van der Waals surface area contributed by atoms with Gasteiger partial charge in [0.15, 0.2) is 5.78 Å². The van der Waals surface area contributed by atoms with Crippen LogP contribution in [0.5, 0.6) is 0 Å². The Kier molecular flexibility index (Phi) is 4.77. The normalized spacial score (nSPS) is 11.1. The van der Waals surface area contributed by atoms with Gasteiger partial charge in [0.25, 0.3) is 0 Å². The summed E-state index contributed by atoms with van der Waals surface area (Å²) in [4.78, 5) is 14.0. The van der Waals surface area contributed by atoms with E-state index in [0.717, 1.165) is 18.9 Å². The van der Waals surface area contributed by atoms with Crippen LogP contribution in [0.1, 0.15) is 16.1 Å². The number of nitrogens with zero attached hydrogens (tertiary/aromatic N) is 1. The first kappa shape index (κ1) is 14.0. The highest BCUT2D eigenvalue weighted by Gasteiger charge is 2.16. The molecule has 6 heteroatoms. The first-order chi connectivity index (χ1) is 8.56. The number of ketones is 1. The molecule has 0 N–H and O–H groups in total. The highest BCUT2D eigenvalue weighted by molar-refractivity contribution is 9.12. The zero-order valence-electron chi connectivity index (χ0n) is 9.65. The molecule has 0 aromatic carbocycles. The molecule has 2 aromatic heterocycles. The zero-order valence-corrected chi connectivity index (χ0v) is 13.6. The number of halogens is 2. The lowest BCUT2D eigenvalue weighted by Crippen LogP contribution is -2.25. The molecular formula is C12H11Br2NO2S. The SMILES string of the molecule is CN(CC(=O)c1cc(Br)sc1Br)Cc1ccco1. The van der Waals surface area contributed by atoms with E-state index in [2.05, 4.69) is 31.9 Å². The maximum absolute atomic E-state index is 12.1. The van der Waals surface area contributed by atoms with Crippen molar-refractivity contribution in [1.82, 2.24) is 4.90 Å². The molecular weight excluding hydrogens is 382 g/mol. The van der Waals surface area contributed by atoms with E-state index < -0.39 is 0 Å². The van der Waals surface area contributed by atoms with Gasteiger partial charge >= 0.3 is 0 Å². The molecule has 0 saturated heterocycles. The molecule has 0 radical (unpaired) electrons. The van der Waals surface area contributed by atoms with E-state index in [0.29, 0.717) is 13.1 Å². The maximum Gasteiger partial charge on any atom is 0.178 e. The summed E-state index contributed by atoms with van der Waals surface area (Å²) in [5, 5.41) is 0. The third-order valence-corrected chi connectivity index (χ3v) is 4.72. The first-order valence-electron chi connectivity index (χ1n) is 5.25. The van der Waals surface area contributed by atoms with E-state index in [1.54, 1.807) is 6.26 Å². The standard InChI is InChI=1S/C12H11Br2NO2S/c1-15(6-8-3-2-4-17-8)7-10(16)9-5-11(13)18-12(9)14/h2-5H,6-7H2,1H3. The van der Waals surface area contributed by atoms with Gasteiger partial charge in [-0.25, -0.2) is 0 Å². The number of carbonyl (C=O) groups is 1. The van der Waals surface area contributed by atoms with Gasteiger partial charge in [0.05, 0.1) is 26.9 Å². The molecule has 18 heavy (non-hydrogen) atoms. The second kappa shape index (κ2) is 6.14. The number of furan rings is 1. The minimum Gasteiger partial charge on any atom is -0.468 e. The van der Waals surface area contributed by atoms with E-state index in [-0.39, 0.29) is 5.78 Å². The van der Waals surface area contributed by atoms with Gasteiger partial charge in [-0.1, -0.05) is 0 Å². The van der Waals surface area contributed by atoms with Gasteiger partial charge < -0.3 is 4.42 Å². The van der Waals surface area contributed by atoms with Crippen LogP contribution >= 0.6 is 43.2 Å². The monoisotopic (exact) mass is 391 g/mol. The van der Waals surface area contributed by atoms with Crippen LogP contribution in [0.4, 0.5) is 0 Å². The van der Waals surface area contributed by atoms with Crippen LogP contribution in [0, 0.1) is 0 Å².